The molecular formula is C28H36N6O5. The number of carbonyl (C=O) groups excluding carboxylic acids is 1. The highest BCUT2D eigenvalue weighted by Crippen LogP contribution is 2.29. The second kappa shape index (κ2) is 12.0. The molecule has 2 saturated heterocycles. The summed E-state index contributed by atoms with van der Waals surface area (Å²) < 4.78 is 18.4. The normalized spacial score (nSPS) is 17.6. The van der Waals surface area contributed by atoms with Crippen LogP contribution in [0, 0.1) is 0 Å². The van der Waals surface area contributed by atoms with Gasteiger partial charge in [-0.1, -0.05) is 30.3 Å². The molecule has 0 amide bonds. The number of benzene rings is 1. The zero-order valence-corrected chi connectivity index (χ0v) is 22.8. The molecule has 0 bridgehead atoms. The first-order valence-corrected chi connectivity index (χ1v) is 13.2. The largest absolute Gasteiger partial charge is 0.481 e. The molecular weight excluding hydrogens is 500 g/mol. The van der Waals surface area contributed by atoms with Gasteiger partial charge in [0.15, 0.2) is 11.3 Å². The first kappa shape index (κ1) is 26.9. The van der Waals surface area contributed by atoms with Gasteiger partial charge in [0.2, 0.25) is 5.75 Å². The number of likely N-dealkylation sites (N-methyl/N-ethyl adjacent to an activating group) is 2. The smallest absolute Gasteiger partial charge is 0.360 e. The molecule has 11 heteroatoms. The van der Waals surface area contributed by atoms with Gasteiger partial charge in [-0.2, -0.15) is 0 Å². The highest BCUT2D eigenvalue weighted by molar-refractivity contribution is 5.91. The van der Waals surface area contributed by atoms with Crippen molar-refractivity contribution in [3.8, 4) is 5.75 Å². The molecule has 4 heterocycles. The number of hydrogen-bond donors (Lipinski definition) is 0. The van der Waals surface area contributed by atoms with Crippen LogP contribution < -0.4 is 20.1 Å². The topological polar surface area (TPSA) is 92.1 Å². The van der Waals surface area contributed by atoms with Gasteiger partial charge in [-0.15, -0.1) is 0 Å². The van der Waals surface area contributed by atoms with Crippen LogP contribution in [0.4, 0.5) is 11.4 Å². The minimum absolute atomic E-state index is 0.116. The van der Waals surface area contributed by atoms with Crippen LogP contribution in [-0.2, 0) is 16.1 Å². The fourth-order valence-corrected chi connectivity index (χ4v) is 4.81. The highest BCUT2D eigenvalue weighted by atomic mass is 16.5. The van der Waals surface area contributed by atoms with Crippen molar-refractivity contribution in [2.75, 3.05) is 90.2 Å². The predicted octanol–water partition coefficient (Wildman–Crippen LogP) is 1.54. The van der Waals surface area contributed by atoms with Crippen molar-refractivity contribution in [3.63, 3.8) is 0 Å². The Balaban J connectivity index is 1.65. The first-order valence-electron chi connectivity index (χ1n) is 13.2. The zero-order valence-electron chi connectivity index (χ0n) is 22.8. The Morgan fingerprint density at radius 2 is 1.67 bits per heavy atom. The van der Waals surface area contributed by atoms with E-state index >= 15 is 0 Å². The summed E-state index contributed by atoms with van der Waals surface area (Å²) in [6.07, 6.45) is 1.80. The molecule has 0 aliphatic carbocycles. The number of esters is 1. The third-order valence-electron chi connectivity index (χ3n) is 7.28. The molecule has 5 rings (SSSR count). The standard InChI is InChI=1S/C28H36N6O5/c1-30-9-12-32(13-10-30)22-17-23(33-14-11-31(2)15-16-38-20-33)26-29-24(28(36)37-3)25(27(35)34(26)18-22)39-19-21-7-5-4-6-8-21/h4-8,17-18H,9-16,19-20H2,1-3H3. The number of piperazine rings is 1. The number of carbonyl (C=O) groups is 1. The van der Waals surface area contributed by atoms with Crippen LogP contribution in [0.15, 0.2) is 47.4 Å². The molecule has 0 atom stereocenters. The van der Waals surface area contributed by atoms with E-state index in [1.807, 2.05) is 36.4 Å². The Hall–Kier alpha value is -3.67. The van der Waals surface area contributed by atoms with E-state index in [4.69, 9.17) is 19.2 Å². The molecule has 11 nitrogen and oxygen atoms in total. The lowest BCUT2D eigenvalue weighted by atomic mass is 10.2. The SMILES string of the molecule is COC(=O)c1nc2c(N3CCN(C)CCOC3)cc(N3CCN(C)CC3)cn2c(=O)c1OCc1ccccc1. The lowest BCUT2D eigenvalue weighted by Crippen LogP contribution is -2.45. The molecule has 0 spiro atoms. The van der Waals surface area contributed by atoms with Crippen LogP contribution in [0.2, 0.25) is 0 Å². The highest BCUT2D eigenvalue weighted by Gasteiger charge is 2.26. The van der Waals surface area contributed by atoms with E-state index < -0.39 is 11.5 Å². The summed E-state index contributed by atoms with van der Waals surface area (Å²) in [5.41, 5.74) is 2.25. The van der Waals surface area contributed by atoms with Gasteiger partial charge in [-0.25, -0.2) is 9.78 Å². The van der Waals surface area contributed by atoms with E-state index in [1.54, 1.807) is 6.20 Å². The predicted molar refractivity (Wildman–Crippen MR) is 149 cm³/mol. The number of ether oxygens (including phenoxy) is 3. The number of anilines is 2. The van der Waals surface area contributed by atoms with Gasteiger partial charge >= 0.3 is 11.5 Å². The summed E-state index contributed by atoms with van der Waals surface area (Å²) in [7, 11) is 5.43. The van der Waals surface area contributed by atoms with Crippen LogP contribution in [0.1, 0.15) is 16.1 Å². The maximum absolute atomic E-state index is 14.0. The maximum atomic E-state index is 14.0. The fraction of sp³-hybridized carbons (Fsp3) is 0.464. The molecule has 0 saturated carbocycles. The molecule has 2 aromatic heterocycles. The van der Waals surface area contributed by atoms with Gasteiger partial charge < -0.3 is 33.8 Å². The third-order valence-corrected chi connectivity index (χ3v) is 7.28. The van der Waals surface area contributed by atoms with Crippen LogP contribution in [0.5, 0.6) is 5.75 Å². The van der Waals surface area contributed by atoms with Crippen LogP contribution in [-0.4, -0.2) is 106 Å². The molecule has 39 heavy (non-hydrogen) atoms. The van der Waals surface area contributed by atoms with Gasteiger partial charge in [0, 0.05) is 52.0 Å². The number of fused-ring (bicyclic) bond motifs is 1. The Bertz CT molecular complexity index is 1360. The molecule has 0 N–H and O–H groups in total. The van der Waals surface area contributed by atoms with Crippen molar-refractivity contribution >= 4 is 23.0 Å². The monoisotopic (exact) mass is 536 g/mol. The summed E-state index contributed by atoms with van der Waals surface area (Å²) >= 11 is 0. The van der Waals surface area contributed by atoms with Gasteiger partial charge in [-0.3, -0.25) is 9.20 Å². The van der Waals surface area contributed by atoms with Crippen molar-refractivity contribution in [3.05, 3.63) is 64.2 Å². The average molecular weight is 537 g/mol. The van der Waals surface area contributed by atoms with Crippen molar-refractivity contribution in [2.45, 2.75) is 6.61 Å². The number of hydrogen-bond acceptors (Lipinski definition) is 10. The van der Waals surface area contributed by atoms with E-state index in [9.17, 15) is 9.59 Å². The molecule has 1 aromatic carbocycles. The summed E-state index contributed by atoms with van der Waals surface area (Å²) in [5, 5.41) is 0. The van der Waals surface area contributed by atoms with Crippen molar-refractivity contribution in [1.29, 1.82) is 0 Å². The van der Waals surface area contributed by atoms with Crippen LogP contribution >= 0.6 is 0 Å². The van der Waals surface area contributed by atoms with Gasteiger partial charge in [0.05, 0.1) is 25.1 Å². The van der Waals surface area contributed by atoms with Crippen LogP contribution in [0.3, 0.4) is 0 Å². The molecule has 208 valence electrons. The van der Waals surface area contributed by atoms with E-state index in [0.717, 1.165) is 56.2 Å². The van der Waals surface area contributed by atoms with E-state index in [1.165, 1.54) is 11.5 Å². The average Bonchev–Trinajstić information content (AvgIpc) is 2.95. The second-order valence-corrected chi connectivity index (χ2v) is 10.0. The minimum atomic E-state index is -0.726. The molecule has 0 radical (unpaired) electrons. The lowest BCUT2D eigenvalue weighted by Gasteiger charge is -2.35. The summed E-state index contributed by atoms with van der Waals surface area (Å²) in [5.74, 6) is -0.858. The van der Waals surface area contributed by atoms with Crippen LogP contribution in [0.25, 0.3) is 5.65 Å². The van der Waals surface area contributed by atoms with Crippen molar-refractivity contribution < 1.29 is 19.0 Å². The third kappa shape index (κ3) is 6.00. The Kier molecular flexibility index (Phi) is 8.30. The first-order chi connectivity index (χ1) is 18.9. The lowest BCUT2D eigenvalue weighted by molar-refractivity contribution is 0.0588. The molecule has 2 aliphatic heterocycles. The van der Waals surface area contributed by atoms with Gasteiger partial charge in [0.25, 0.3) is 0 Å². The molecule has 3 aromatic rings. The Labute approximate surface area is 228 Å². The van der Waals surface area contributed by atoms with Gasteiger partial charge in [-0.05, 0) is 25.7 Å². The van der Waals surface area contributed by atoms with Gasteiger partial charge in [0.1, 0.15) is 13.3 Å². The maximum Gasteiger partial charge on any atom is 0.360 e. The van der Waals surface area contributed by atoms with E-state index in [-0.39, 0.29) is 18.1 Å². The van der Waals surface area contributed by atoms with Crippen molar-refractivity contribution in [2.24, 2.45) is 0 Å². The zero-order chi connectivity index (χ0) is 27.4. The number of methoxy groups -OCH3 is 1. The Morgan fingerprint density at radius 3 is 2.38 bits per heavy atom. The Morgan fingerprint density at radius 1 is 0.974 bits per heavy atom. The number of pyridine rings is 1. The number of nitrogens with zero attached hydrogens (tertiary/aromatic N) is 6. The quantitative estimate of drug-likeness (QED) is 0.432. The summed E-state index contributed by atoms with van der Waals surface area (Å²) in [6, 6.07) is 11.5. The molecule has 0 unspecified atom stereocenters. The molecule has 2 fully saturated rings. The second-order valence-electron chi connectivity index (χ2n) is 10.0. The van der Waals surface area contributed by atoms with Crippen molar-refractivity contribution in [1.82, 2.24) is 19.2 Å². The van der Waals surface area contributed by atoms with E-state index in [0.29, 0.717) is 25.5 Å². The summed E-state index contributed by atoms with van der Waals surface area (Å²) in [4.78, 5) is 40.4. The molecule has 2 aliphatic rings. The number of aromatic nitrogens is 2. The summed E-state index contributed by atoms with van der Waals surface area (Å²) in [6.45, 7) is 6.92. The minimum Gasteiger partial charge on any atom is -0.481 e. The number of rotatable bonds is 6. The van der Waals surface area contributed by atoms with E-state index in [2.05, 4.69) is 33.7 Å². The fourth-order valence-electron chi connectivity index (χ4n) is 4.81.